The highest BCUT2D eigenvalue weighted by atomic mass is 16.5. The molecule has 1 aromatic carbocycles. The summed E-state index contributed by atoms with van der Waals surface area (Å²) < 4.78 is 5.84. The zero-order valence-electron chi connectivity index (χ0n) is 13.9. The van der Waals surface area contributed by atoms with Crippen LogP contribution in [0.3, 0.4) is 0 Å². The molecule has 2 aliphatic rings. The van der Waals surface area contributed by atoms with Gasteiger partial charge in [-0.2, -0.15) is 0 Å². The normalized spacial score (nSPS) is 24.2. The molecule has 1 aromatic heterocycles. The minimum atomic E-state index is -0.134. The second kappa shape index (κ2) is 6.06. The van der Waals surface area contributed by atoms with Crippen LogP contribution in [0.25, 0.3) is 10.8 Å². The molecule has 0 bridgehead atoms. The van der Waals surface area contributed by atoms with Crippen molar-refractivity contribution in [2.45, 2.75) is 44.8 Å². The van der Waals surface area contributed by atoms with Crippen molar-refractivity contribution in [1.29, 1.82) is 0 Å². The number of fused-ring (bicyclic) bond motifs is 1. The Balaban J connectivity index is 1.44. The number of hydrogen-bond donors (Lipinski definition) is 2. The average molecular weight is 325 g/mol. The quantitative estimate of drug-likeness (QED) is 0.901. The number of urea groups is 1. The van der Waals surface area contributed by atoms with E-state index >= 15 is 0 Å². The second-order valence-electron chi connectivity index (χ2n) is 6.82. The van der Waals surface area contributed by atoms with Gasteiger partial charge in [0.1, 0.15) is 0 Å². The van der Waals surface area contributed by atoms with Gasteiger partial charge in [-0.1, -0.05) is 18.6 Å². The summed E-state index contributed by atoms with van der Waals surface area (Å²) in [4.78, 5) is 16.6. The number of anilines is 1. The Morgan fingerprint density at radius 2 is 2.25 bits per heavy atom. The summed E-state index contributed by atoms with van der Waals surface area (Å²) >= 11 is 0. The lowest BCUT2D eigenvalue weighted by Crippen LogP contribution is -2.68. The van der Waals surface area contributed by atoms with Crippen molar-refractivity contribution < 1.29 is 9.53 Å². The monoisotopic (exact) mass is 325 g/mol. The van der Waals surface area contributed by atoms with Crippen molar-refractivity contribution in [1.82, 2.24) is 10.3 Å². The molecule has 5 heteroatoms. The van der Waals surface area contributed by atoms with E-state index in [2.05, 4.69) is 15.6 Å². The number of pyridine rings is 1. The van der Waals surface area contributed by atoms with Crippen LogP contribution >= 0.6 is 0 Å². The molecule has 2 atom stereocenters. The summed E-state index contributed by atoms with van der Waals surface area (Å²) in [5.74, 6) is 0. The smallest absolute Gasteiger partial charge is 0.319 e. The fourth-order valence-corrected chi connectivity index (χ4v) is 4.19. The molecule has 2 amide bonds. The molecule has 0 unspecified atom stereocenters. The molecule has 5 nitrogen and oxygen atoms in total. The van der Waals surface area contributed by atoms with Crippen LogP contribution in [-0.2, 0) is 4.74 Å². The molecule has 0 saturated heterocycles. The van der Waals surface area contributed by atoms with Gasteiger partial charge in [-0.15, -0.1) is 0 Å². The molecule has 0 radical (unpaired) electrons. The standard InChI is InChI=1S/C19H23N3O2/c1-2-24-17-11-16(19(17)8-4-9-19)22-18(23)21-15-6-3-5-13-12-20-10-7-14(13)15/h3,5-7,10,12,16-17H,2,4,8-9,11H2,1H3,(H2,21,22,23)/t16-,17-/m1/s1. The van der Waals surface area contributed by atoms with E-state index in [9.17, 15) is 4.79 Å². The van der Waals surface area contributed by atoms with Crippen molar-refractivity contribution >= 4 is 22.5 Å². The first-order chi connectivity index (χ1) is 11.7. The Morgan fingerprint density at radius 1 is 1.38 bits per heavy atom. The third-order valence-electron chi connectivity index (χ3n) is 5.67. The lowest BCUT2D eigenvalue weighted by atomic mass is 9.51. The minimum Gasteiger partial charge on any atom is -0.378 e. The minimum absolute atomic E-state index is 0.134. The van der Waals surface area contributed by atoms with Gasteiger partial charge in [-0.05, 0) is 38.3 Å². The maximum absolute atomic E-state index is 12.5. The average Bonchev–Trinajstić information content (AvgIpc) is 2.52. The Kier molecular flexibility index (Phi) is 3.88. The van der Waals surface area contributed by atoms with Crippen LogP contribution < -0.4 is 10.6 Å². The Bertz CT molecular complexity index is 752. The summed E-state index contributed by atoms with van der Waals surface area (Å²) in [7, 11) is 0. The molecule has 2 saturated carbocycles. The van der Waals surface area contributed by atoms with Gasteiger partial charge in [-0.25, -0.2) is 4.79 Å². The maximum Gasteiger partial charge on any atom is 0.319 e. The predicted molar refractivity (Wildman–Crippen MR) is 94.0 cm³/mol. The van der Waals surface area contributed by atoms with Crippen molar-refractivity contribution in [3.05, 3.63) is 36.7 Å². The highest BCUT2D eigenvalue weighted by molar-refractivity contribution is 6.01. The summed E-state index contributed by atoms with van der Waals surface area (Å²) in [6, 6.07) is 7.86. The highest BCUT2D eigenvalue weighted by Crippen LogP contribution is 2.57. The van der Waals surface area contributed by atoms with Crippen LogP contribution in [0.1, 0.15) is 32.6 Å². The Morgan fingerprint density at radius 3 is 3.00 bits per heavy atom. The number of nitrogens with zero attached hydrogens (tertiary/aromatic N) is 1. The largest absolute Gasteiger partial charge is 0.378 e. The van der Waals surface area contributed by atoms with Crippen LogP contribution in [0.15, 0.2) is 36.7 Å². The SMILES string of the molecule is CCO[C@@H]1C[C@@H](NC(=O)Nc2cccc3cnccc23)C12CCC2. The Labute approximate surface area is 141 Å². The highest BCUT2D eigenvalue weighted by Gasteiger charge is 2.59. The van der Waals surface area contributed by atoms with E-state index in [4.69, 9.17) is 4.74 Å². The summed E-state index contributed by atoms with van der Waals surface area (Å²) in [6.07, 6.45) is 8.32. The van der Waals surface area contributed by atoms with E-state index in [0.717, 1.165) is 42.3 Å². The number of hydrogen-bond acceptors (Lipinski definition) is 3. The van der Waals surface area contributed by atoms with Crippen LogP contribution in [0.4, 0.5) is 10.5 Å². The first-order valence-electron chi connectivity index (χ1n) is 8.75. The number of benzene rings is 1. The van der Waals surface area contributed by atoms with E-state index in [-0.39, 0.29) is 17.5 Å². The lowest BCUT2D eigenvalue weighted by molar-refractivity contribution is -0.169. The first-order valence-corrected chi connectivity index (χ1v) is 8.75. The number of aromatic nitrogens is 1. The van der Waals surface area contributed by atoms with Gasteiger partial charge in [0.05, 0.1) is 11.8 Å². The molecule has 2 aliphatic carbocycles. The van der Waals surface area contributed by atoms with E-state index in [1.165, 1.54) is 6.42 Å². The predicted octanol–water partition coefficient (Wildman–Crippen LogP) is 3.70. The number of amides is 2. The molecule has 126 valence electrons. The Hall–Kier alpha value is -2.14. The fraction of sp³-hybridized carbons (Fsp3) is 0.474. The van der Waals surface area contributed by atoms with E-state index in [1.807, 2.05) is 31.2 Å². The summed E-state index contributed by atoms with van der Waals surface area (Å²) in [5, 5.41) is 8.18. The van der Waals surface area contributed by atoms with Crippen LogP contribution in [-0.4, -0.2) is 29.8 Å². The number of carbonyl (C=O) groups excluding carboxylic acids is 1. The molecule has 2 fully saturated rings. The van der Waals surface area contributed by atoms with Gasteiger partial charge < -0.3 is 15.4 Å². The van der Waals surface area contributed by atoms with Crippen LogP contribution in [0.5, 0.6) is 0 Å². The van der Waals surface area contributed by atoms with Gasteiger partial charge in [0.15, 0.2) is 0 Å². The molecule has 0 aliphatic heterocycles. The van der Waals surface area contributed by atoms with Crippen LogP contribution in [0.2, 0.25) is 0 Å². The molecular weight excluding hydrogens is 302 g/mol. The van der Waals surface area contributed by atoms with Crippen molar-refractivity contribution in [2.75, 3.05) is 11.9 Å². The van der Waals surface area contributed by atoms with E-state index < -0.39 is 0 Å². The molecule has 24 heavy (non-hydrogen) atoms. The third-order valence-corrected chi connectivity index (χ3v) is 5.67. The van der Waals surface area contributed by atoms with E-state index in [1.54, 1.807) is 12.4 Å². The van der Waals surface area contributed by atoms with E-state index in [0.29, 0.717) is 6.10 Å². The second-order valence-corrected chi connectivity index (χ2v) is 6.82. The number of carbonyl (C=O) groups is 1. The molecule has 4 rings (SSSR count). The third kappa shape index (κ3) is 2.44. The molecule has 1 heterocycles. The topological polar surface area (TPSA) is 63.2 Å². The van der Waals surface area contributed by atoms with Gasteiger partial charge in [-0.3, -0.25) is 4.98 Å². The molecular formula is C19H23N3O2. The fourth-order valence-electron chi connectivity index (χ4n) is 4.19. The van der Waals surface area contributed by atoms with Crippen LogP contribution in [0, 0.1) is 5.41 Å². The first kappa shape index (κ1) is 15.4. The molecule has 2 aromatic rings. The lowest BCUT2D eigenvalue weighted by Gasteiger charge is -2.60. The van der Waals surface area contributed by atoms with Gasteiger partial charge in [0.25, 0.3) is 0 Å². The number of nitrogens with one attached hydrogen (secondary N) is 2. The summed E-state index contributed by atoms with van der Waals surface area (Å²) in [6.45, 7) is 2.78. The van der Waals surface area contributed by atoms with Gasteiger partial charge in [0.2, 0.25) is 0 Å². The maximum atomic E-state index is 12.5. The van der Waals surface area contributed by atoms with Crippen molar-refractivity contribution in [3.8, 4) is 0 Å². The number of ether oxygens (including phenoxy) is 1. The van der Waals surface area contributed by atoms with Crippen molar-refractivity contribution in [3.63, 3.8) is 0 Å². The van der Waals surface area contributed by atoms with Crippen molar-refractivity contribution in [2.24, 2.45) is 5.41 Å². The zero-order chi connectivity index (χ0) is 16.6. The summed E-state index contributed by atoms with van der Waals surface area (Å²) in [5.41, 5.74) is 0.992. The van der Waals surface area contributed by atoms with Gasteiger partial charge >= 0.3 is 6.03 Å². The van der Waals surface area contributed by atoms with Gasteiger partial charge in [0, 0.05) is 41.2 Å². The number of rotatable bonds is 4. The molecule has 1 spiro atoms. The molecule has 2 N–H and O–H groups in total. The zero-order valence-corrected chi connectivity index (χ0v) is 13.9.